The number of carboxylic acids is 1. The standard InChI is InChI=1S/C13H9BrFNO4S/c14-8-5-6-11(9(7-8)13(17)18)16-21(19,20)12-4-2-1-3-10(12)15/h1-7,16H,(H,17,18). The van der Waals surface area contributed by atoms with E-state index in [1.165, 1.54) is 30.3 Å². The number of sulfonamides is 1. The Labute approximate surface area is 128 Å². The monoisotopic (exact) mass is 373 g/mol. The fourth-order valence-electron chi connectivity index (χ4n) is 1.64. The van der Waals surface area contributed by atoms with E-state index in [1.54, 1.807) is 0 Å². The van der Waals surface area contributed by atoms with Crippen LogP contribution in [0, 0.1) is 5.82 Å². The van der Waals surface area contributed by atoms with Crippen molar-refractivity contribution < 1.29 is 22.7 Å². The van der Waals surface area contributed by atoms with E-state index in [0.717, 1.165) is 12.1 Å². The van der Waals surface area contributed by atoms with Crippen LogP contribution in [0.5, 0.6) is 0 Å². The molecule has 0 bridgehead atoms. The minimum absolute atomic E-state index is 0.144. The van der Waals surface area contributed by atoms with E-state index < -0.39 is 26.7 Å². The molecule has 0 heterocycles. The molecule has 110 valence electrons. The van der Waals surface area contributed by atoms with Gasteiger partial charge in [-0.05, 0) is 30.3 Å². The number of nitrogens with one attached hydrogen (secondary N) is 1. The molecule has 5 nitrogen and oxygen atoms in total. The van der Waals surface area contributed by atoms with Crippen LogP contribution in [0.1, 0.15) is 10.4 Å². The molecule has 0 spiro atoms. The molecule has 0 unspecified atom stereocenters. The van der Waals surface area contributed by atoms with Gasteiger partial charge in [-0.25, -0.2) is 17.6 Å². The van der Waals surface area contributed by atoms with Gasteiger partial charge in [-0.15, -0.1) is 0 Å². The molecule has 21 heavy (non-hydrogen) atoms. The summed E-state index contributed by atoms with van der Waals surface area (Å²) >= 11 is 3.10. The Hall–Kier alpha value is -1.93. The molecule has 0 saturated heterocycles. The number of aromatic carboxylic acids is 1. The van der Waals surface area contributed by atoms with Gasteiger partial charge in [0.05, 0.1) is 11.3 Å². The van der Waals surface area contributed by atoms with Crippen LogP contribution in [0.2, 0.25) is 0 Å². The average molecular weight is 374 g/mol. The highest BCUT2D eigenvalue weighted by molar-refractivity contribution is 9.10. The molecular weight excluding hydrogens is 365 g/mol. The van der Waals surface area contributed by atoms with Crippen molar-refractivity contribution in [3.63, 3.8) is 0 Å². The lowest BCUT2D eigenvalue weighted by Gasteiger charge is -2.11. The normalized spacial score (nSPS) is 11.1. The maximum Gasteiger partial charge on any atom is 0.337 e. The second kappa shape index (κ2) is 5.82. The summed E-state index contributed by atoms with van der Waals surface area (Å²) in [5.74, 6) is -2.22. The first kappa shape index (κ1) is 15.5. The molecule has 2 aromatic carbocycles. The molecule has 0 saturated carbocycles. The third-order valence-electron chi connectivity index (χ3n) is 2.58. The SMILES string of the molecule is O=C(O)c1cc(Br)ccc1NS(=O)(=O)c1ccccc1F. The summed E-state index contributed by atoms with van der Waals surface area (Å²) < 4.78 is 40.4. The molecule has 0 aliphatic heterocycles. The van der Waals surface area contributed by atoms with Gasteiger partial charge in [-0.3, -0.25) is 4.72 Å². The second-order valence-corrected chi connectivity index (χ2v) is 6.60. The average Bonchev–Trinajstić information content (AvgIpc) is 2.40. The predicted molar refractivity (Wildman–Crippen MR) is 78.3 cm³/mol. The highest BCUT2D eigenvalue weighted by atomic mass is 79.9. The Morgan fingerprint density at radius 3 is 2.48 bits per heavy atom. The lowest BCUT2D eigenvalue weighted by Crippen LogP contribution is -2.16. The van der Waals surface area contributed by atoms with Crippen LogP contribution in [0.3, 0.4) is 0 Å². The van der Waals surface area contributed by atoms with Crippen LogP contribution in [0.15, 0.2) is 51.8 Å². The van der Waals surface area contributed by atoms with Gasteiger partial charge in [0, 0.05) is 4.47 Å². The van der Waals surface area contributed by atoms with E-state index in [9.17, 15) is 17.6 Å². The van der Waals surface area contributed by atoms with Crippen LogP contribution >= 0.6 is 15.9 Å². The number of carbonyl (C=O) groups is 1. The molecule has 0 fully saturated rings. The van der Waals surface area contributed by atoms with Gasteiger partial charge in [-0.1, -0.05) is 28.1 Å². The molecule has 0 atom stereocenters. The molecule has 8 heteroatoms. The molecule has 0 aromatic heterocycles. The van der Waals surface area contributed by atoms with Gasteiger partial charge in [0.25, 0.3) is 10.0 Å². The van der Waals surface area contributed by atoms with Crippen LogP contribution in [-0.4, -0.2) is 19.5 Å². The molecule has 0 aliphatic rings. The smallest absolute Gasteiger partial charge is 0.337 e. The quantitative estimate of drug-likeness (QED) is 0.862. The van der Waals surface area contributed by atoms with E-state index in [2.05, 4.69) is 20.7 Å². The van der Waals surface area contributed by atoms with E-state index in [-0.39, 0.29) is 11.3 Å². The zero-order chi connectivity index (χ0) is 15.6. The topological polar surface area (TPSA) is 83.5 Å². The molecule has 2 N–H and O–H groups in total. The molecule has 2 aromatic rings. The molecule has 0 amide bonds. The zero-order valence-electron chi connectivity index (χ0n) is 10.4. The summed E-state index contributed by atoms with van der Waals surface area (Å²) in [5.41, 5.74) is -0.391. The van der Waals surface area contributed by atoms with Gasteiger partial charge in [0.15, 0.2) is 0 Å². The molecule has 2 rings (SSSR count). The number of benzene rings is 2. The maximum atomic E-state index is 13.6. The number of rotatable bonds is 4. The Kier molecular flexibility index (Phi) is 4.29. The summed E-state index contributed by atoms with van der Waals surface area (Å²) in [6.07, 6.45) is 0. The predicted octanol–water partition coefficient (Wildman–Crippen LogP) is 3.09. The van der Waals surface area contributed by atoms with Crippen molar-refractivity contribution in [2.24, 2.45) is 0 Å². The lowest BCUT2D eigenvalue weighted by atomic mass is 10.2. The summed E-state index contributed by atoms with van der Waals surface area (Å²) in [4.78, 5) is 10.6. The fraction of sp³-hybridized carbons (Fsp3) is 0. The van der Waals surface area contributed by atoms with Crippen molar-refractivity contribution in [3.8, 4) is 0 Å². The summed E-state index contributed by atoms with van der Waals surface area (Å²) in [5, 5.41) is 9.08. The Morgan fingerprint density at radius 1 is 1.19 bits per heavy atom. The molecule has 0 radical (unpaired) electrons. The third kappa shape index (κ3) is 3.40. The first-order chi connectivity index (χ1) is 9.81. The number of carboxylic acid groups (broad SMARTS) is 1. The van der Waals surface area contributed by atoms with Crippen molar-refractivity contribution in [3.05, 3.63) is 58.3 Å². The van der Waals surface area contributed by atoms with Gasteiger partial charge in [0.1, 0.15) is 10.7 Å². The van der Waals surface area contributed by atoms with E-state index >= 15 is 0 Å². The first-order valence-electron chi connectivity index (χ1n) is 5.61. The first-order valence-corrected chi connectivity index (χ1v) is 7.89. The number of hydrogen-bond acceptors (Lipinski definition) is 3. The number of halogens is 2. The van der Waals surface area contributed by atoms with Crippen molar-refractivity contribution in [1.29, 1.82) is 0 Å². The van der Waals surface area contributed by atoms with Crippen LogP contribution < -0.4 is 4.72 Å². The van der Waals surface area contributed by atoms with Gasteiger partial charge >= 0.3 is 5.97 Å². The van der Waals surface area contributed by atoms with Crippen LogP contribution in [-0.2, 0) is 10.0 Å². The van der Waals surface area contributed by atoms with E-state index in [0.29, 0.717) is 4.47 Å². The van der Waals surface area contributed by atoms with Gasteiger partial charge in [0.2, 0.25) is 0 Å². The fourth-order valence-corrected chi connectivity index (χ4v) is 3.17. The maximum absolute atomic E-state index is 13.6. The summed E-state index contributed by atoms with van der Waals surface area (Å²) in [7, 11) is -4.22. The number of hydrogen-bond donors (Lipinski definition) is 2. The lowest BCUT2D eigenvalue weighted by molar-refractivity contribution is 0.0698. The van der Waals surface area contributed by atoms with E-state index in [4.69, 9.17) is 5.11 Å². The Morgan fingerprint density at radius 2 is 1.86 bits per heavy atom. The highest BCUT2D eigenvalue weighted by Gasteiger charge is 2.21. The van der Waals surface area contributed by atoms with Gasteiger partial charge in [-0.2, -0.15) is 0 Å². The Balaban J connectivity index is 2.47. The van der Waals surface area contributed by atoms with Crippen molar-refractivity contribution in [2.75, 3.05) is 4.72 Å². The summed E-state index contributed by atoms with van der Waals surface area (Å²) in [6, 6.07) is 8.85. The van der Waals surface area contributed by atoms with E-state index in [1.807, 2.05) is 0 Å². The van der Waals surface area contributed by atoms with Gasteiger partial charge < -0.3 is 5.11 Å². The minimum atomic E-state index is -4.22. The summed E-state index contributed by atoms with van der Waals surface area (Å²) in [6.45, 7) is 0. The van der Waals surface area contributed by atoms with Crippen molar-refractivity contribution in [2.45, 2.75) is 4.90 Å². The van der Waals surface area contributed by atoms with Crippen molar-refractivity contribution >= 4 is 37.6 Å². The second-order valence-electron chi connectivity index (χ2n) is 4.03. The number of anilines is 1. The Bertz CT molecular complexity index is 808. The zero-order valence-corrected chi connectivity index (χ0v) is 12.8. The highest BCUT2D eigenvalue weighted by Crippen LogP contribution is 2.24. The minimum Gasteiger partial charge on any atom is -0.478 e. The molecule has 0 aliphatic carbocycles. The van der Waals surface area contributed by atoms with Crippen LogP contribution in [0.4, 0.5) is 10.1 Å². The largest absolute Gasteiger partial charge is 0.478 e. The third-order valence-corrected chi connectivity index (χ3v) is 4.47. The molecular formula is C13H9BrFNO4S. The van der Waals surface area contributed by atoms with Crippen LogP contribution in [0.25, 0.3) is 0 Å². The van der Waals surface area contributed by atoms with Crippen molar-refractivity contribution in [1.82, 2.24) is 0 Å².